The topological polar surface area (TPSA) is 113 Å². The summed E-state index contributed by atoms with van der Waals surface area (Å²) in [6.07, 6.45) is -0.475. The maximum absolute atomic E-state index is 13.7. The molecule has 1 atom stereocenters. The highest BCUT2D eigenvalue weighted by Gasteiger charge is 2.48. The zero-order chi connectivity index (χ0) is 25.8. The molecule has 1 aliphatic rings. The summed E-state index contributed by atoms with van der Waals surface area (Å²) in [6, 6.07) is 22.7. The molecular formula is C27H28N2O6S. The van der Waals surface area contributed by atoms with Gasteiger partial charge in [0.15, 0.2) is 9.84 Å². The highest BCUT2D eigenvalue weighted by Crippen LogP contribution is 2.41. The van der Waals surface area contributed by atoms with Crippen LogP contribution in [0.1, 0.15) is 34.3 Å². The average molecular weight is 509 g/mol. The molecule has 0 bridgehead atoms. The van der Waals surface area contributed by atoms with E-state index >= 15 is 0 Å². The van der Waals surface area contributed by atoms with Gasteiger partial charge in [-0.1, -0.05) is 48.0 Å². The number of aryl methyl sites for hydroxylation is 1. The van der Waals surface area contributed by atoms with Crippen molar-refractivity contribution >= 4 is 21.7 Å². The van der Waals surface area contributed by atoms with Crippen LogP contribution in [0.2, 0.25) is 0 Å². The van der Waals surface area contributed by atoms with Crippen LogP contribution in [-0.2, 0) is 19.4 Å². The first-order valence-electron chi connectivity index (χ1n) is 11.6. The van der Waals surface area contributed by atoms with Gasteiger partial charge in [0.2, 0.25) is 5.91 Å². The highest BCUT2D eigenvalue weighted by atomic mass is 32.2. The molecule has 1 unspecified atom stereocenters. The summed E-state index contributed by atoms with van der Waals surface area (Å²) in [4.78, 5) is 26.8. The van der Waals surface area contributed by atoms with Crippen LogP contribution in [0.25, 0.3) is 0 Å². The van der Waals surface area contributed by atoms with Gasteiger partial charge in [0.1, 0.15) is 16.2 Å². The lowest BCUT2D eigenvalue weighted by Crippen LogP contribution is -2.42. The van der Waals surface area contributed by atoms with Crippen LogP contribution in [0.5, 0.6) is 11.5 Å². The Labute approximate surface area is 210 Å². The smallest absolute Gasteiger partial charge is 0.253 e. The van der Waals surface area contributed by atoms with E-state index in [-0.39, 0.29) is 31.2 Å². The van der Waals surface area contributed by atoms with Crippen molar-refractivity contribution in [2.75, 3.05) is 18.8 Å². The Morgan fingerprint density at radius 1 is 0.944 bits per heavy atom. The van der Waals surface area contributed by atoms with Crippen molar-refractivity contribution in [1.82, 2.24) is 10.4 Å². The van der Waals surface area contributed by atoms with Crippen molar-refractivity contribution in [3.63, 3.8) is 0 Å². The third-order valence-corrected chi connectivity index (χ3v) is 9.02. The minimum atomic E-state index is -3.91. The average Bonchev–Trinajstić information content (AvgIpc) is 3.02. The van der Waals surface area contributed by atoms with Gasteiger partial charge in [-0.2, -0.15) is 0 Å². The Morgan fingerprint density at radius 3 is 2.17 bits per heavy atom. The van der Waals surface area contributed by atoms with E-state index in [0.29, 0.717) is 22.6 Å². The van der Waals surface area contributed by atoms with E-state index in [1.54, 1.807) is 60.1 Å². The molecule has 8 nitrogen and oxygen atoms in total. The quantitative estimate of drug-likeness (QED) is 0.386. The summed E-state index contributed by atoms with van der Waals surface area (Å²) < 4.78 is 31.6. The number of amides is 2. The predicted molar refractivity (Wildman–Crippen MR) is 135 cm³/mol. The number of carbonyl (C=O) groups excluding carboxylic acids is 2. The molecule has 4 rings (SSSR count). The van der Waals surface area contributed by atoms with Crippen LogP contribution in [-0.4, -0.2) is 49.2 Å². The van der Waals surface area contributed by atoms with Gasteiger partial charge in [-0.3, -0.25) is 14.8 Å². The van der Waals surface area contributed by atoms with Gasteiger partial charge in [0, 0.05) is 18.7 Å². The molecule has 36 heavy (non-hydrogen) atoms. The number of hydroxylamine groups is 1. The van der Waals surface area contributed by atoms with Crippen molar-refractivity contribution in [3.05, 3.63) is 95.6 Å². The first-order chi connectivity index (χ1) is 17.2. The number of nitrogens with zero attached hydrogens (tertiary/aromatic N) is 1. The van der Waals surface area contributed by atoms with E-state index in [0.717, 1.165) is 5.56 Å². The van der Waals surface area contributed by atoms with Crippen LogP contribution < -0.4 is 10.2 Å². The lowest BCUT2D eigenvalue weighted by molar-refractivity contribution is -0.130. The first kappa shape index (κ1) is 25.4. The number of rotatable bonds is 6. The van der Waals surface area contributed by atoms with E-state index in [1.165, 1.54) is 4.90 Å². The van der Waals surface area contributed by atoms with Gasteiger partial charge in [-0.15, -0.1) is 0 Å². The van der Waals surface area contributed by atoms with Gasteiger partial charge in [0.25, 0.3) is 5.91 Å². The fourth-order valence-electron chi connectivity index (χ4n) is 4.47. The molecule has 0 radical (unpaired) electrons. The van der Waals surface area contributed by atoms with Gasteiger partial charge in [-0.25, -0.2) is 13.9 Å². The molecule has 3 aromatic carbocycles. The standard InChI is InChI=1S/C27H28N2O6S/c1-20-7-11-23(12-8-20)35-24-13-9-22(10-14-24)27(19-25(30)28-32)15-16-29(17-18-36(27,33)34)26(31)21-5-3-2-4-6-21/h2-14,32H,15-19H2,1H3,(H,28,30). The molecule has 0 spiro atoms. The largest absolute Gasteiger partial charge is 0.457 e. The molecule has 1 saturated heterocycles. The Morgan fingerprint density at radius 2 is 1.56 bits per heavy atom. The number of hydrogen-bond acceptors (Lipinski definition) is 6. The van der Waals surface area contributed by atoms with E-state index < -0.39 is 26.9 Å². The molecular weight excluding hydrogens is 480 g/mol. The van der Waals surface area contributed by atoms with Gasteiger partial charge in [-0.05, 0) is 55.3 Å². The summed E-state index contributed by atoms with van der Waals surface area (Å²) in [5, 5.41) is 9.21. The zero-order valence-electron chi connectivity index (χ0n) is 19.9. The number of hydrogen-bond donors (Lipinski definition) is 2. The first-order valence-corrected chi connectivity index (χ1v) is 13.2. The molecule has 0 aliphatic carbocycles. The minimum absolute atomic E-state index is 0.000503. The Bertz CT molecular complexity index is 1320. The van der Waals surface area contributed by atoms with Gasteiger partial charge in [0.05, 0.1) is 12.2 Å². The summed E-state index contributed by atoms with van der Waals surface area (Å²) >= 11 is 0. The molecule has 9 heteroatoms. The summed E-state index contributed by atoms with van der Waals surface area (Å²) in [5.74, 6) is -0.251. The van der Waals surface area contributed by atoms with Crippen LogP contribution in [0.3, 0.4) is 0 Å². The third-order valence-electron chi connectivity index (χ3n) is 6.53. The SMILES string of the molecule is Cc1ccc(Oc2ccc(C3(CC(=O)NO)CCN(C(=O)c4ccccc4)CCS3(=O)=O)cc2)cc1. The highest BCUT2D eigenvalue weighted by molar-refractivity contribution is 7.92. The number of benzene rings is 3. The molecule has 1 heterocycles. The van der Waals surface area contributed by atoms with Crippen molar-refractivity contribution in [3.8, 4) is 11.5 Å². The summed E-state index contributed by atoms with van der Waals surface area (Å²) in [5.41, 5.74) is 3.53. The number of nitrogens with one attached hydrogen (secondary N) is 1. The Hall–Kier alpha value is -3.69. The molecule has 3 aromatic rings. The molecule has 1 fully saturated rings. The fourth-order valence-corrected chi connectivity index (χ4v) is 6.57. The van der Waals surface area contributed by atoms with Crippen LogP contribution in [0.15, 0.2) is 78.9 Å². The van der Waals surface area contributed by atoms with E-state index in [1.807, 2.05) is 31.2 Å². The predicted octanol–water partition coefficient (Wildman–Crippen LogP) is 3.84. The molecule has 2 amide bonds. The number of carbonyl (C=O) groups is 2. The fraction of sp³-hybridized carbons (Fsp3) is 0.259. The molecule has 2 N–H and O–H groups in total. The van der Waals surface area contributed by atoms with Crippen molar-refractivity contribution in [2.24, 2.45) is 0 Å². The number of ether oxygens (including phenoxy) is 1. The molecule has 0 aromatic heterocycles. The second-order valence-corrected chi connectivity index (χ2v) is 11.3. The maximum Gasteiger partial charge on any atom is 0.253 e. The summed E-state index contributed by atoms with van der Waals surface area (Å²) in [6.45, 7) is 2.11. The second kappa shape index (κ2) is 10.5. The van der Waals surface area contributed by atoms with Crippen molar-refractivity contribution < 1.29 is 28.0 Å². The lowest BCUT2D eigenvalue weighted by atomic mass is 9.90. The zero-order valence-corrected chi connectivity index (χ0v) is 20.7. The minimum Gasteiger partial charge on any atom is -0.457 e. The molecule has 1 aliphatic heterocycles. The molecule has 0 saturated carbocycles. The van der Waals surface area contributed by atoms with Crippen LogP contribution >= 0.6 is 0 Å². The van der Waals surface area contributed by atoms with Crippen LogP contribution in [0, 0.1) is 6.92 Å². The van der Waals surface area contributed by atoms with Crippen LogP contribution in [0.4, 0.5) is 0 Å². The second-order valence-electron chi connectivity index (χ2n) is 8.87. The maximum atomic E-state index is 13.7. The van der Waals surface area contributed by atoms with Gasteiger partial charge >= 0.3 is 0 Å². The normalized spacial score (nSPS) is 19.2. The summed E-state index contributed by atoms with van der Waals surface area (Å²) in [7, 11) is -3.91. The number of sulfone groups is 1. The van der Waals surface area contributed by atoms with Gasteiger partial charge < -0.3 is 9.64 Å². The molecule has 188 valence electrons. The lowest BCUT2D eigenvalue weighted by Gasteiger charge is -2.32. The van der Waals surface area contributed by atoms with Crippen molar-refractivity contribution in [2.45, 2.75) is 24.5 Å². The third kappa shape index (κ3) is 5.27. The monoisotopic (exact) mass is 508 g/mol. The van der Waals surface area contributed by atoms with E-state index in [4.69, 9.17) is 4.74 Å². The Balaban J connectivity index is 1.65. The van der Waals surface area contributed by atoms with E-state index in [2.05, 4.69) is 0 Å². The van der Waals surface area contributed by atoms with E-state index in [9.17, 15) is 23.2 Å². The van der Waals surface area contributed by atoms with Crippen molar-refractivity contribution in [1.29, 1.82) is 0 Å². The Kier molecular flexibility index (Phi) is 7.42.